The molecule has 1 aromatic carbocycles. The number of fused-ring (bicyclic) bond motifs is 1. The Morgan fingerprint density at radius 2 is 1.47 bits per heavy atom. The van der Waals surface area contributed by atoms with Crippen molar-refractivity contribution in [1.82, 2.24) is 4.90 Å². The van der Waals surface area contributed by atoms with Crippen molar-refractivity contribution in [3.8, 4) is 0 Å². The Labute approximate surface area is 99.1 Å². The molecule has 2 N–H and O–H groups in total. The van der Waals surface area contributed by atoms with Gasteiger partial charge in [-0.05, 0) is 12.1 Å². The first-order valence-corrected chi connectivity index (χ1v) is 5.18. The summed E-state index contributed by atoms with van der Waals surface area (Å²) in [4.78, 5) is 25.4. The van der Waals surface area contributed by atoms with Crippen LogP contribution in [0.3, 0.4) is 0 Å². The van der Waals surface area contributed by atoms with Crippen molar-refractivity contribution in [2.24, 2.45) is 0 Å². The number of hydrogen-bond acceptors (Lipinski definition) is 3. The van der Waals surface area contributed by atoms with Crippen molar-refractivity contribution in [3.05, 3.63) is 36.0 Å². The fraction of sp³-hybridized carbons (Fsp3) is 0.167. The topological polar surface area (TPSA) is 61.4 Å². The molecule has 0 saturated heterocycles. The van der Waals surface area contributed by atoms with Gasteiger partial charge in [0.05, 0.1) is 11.4 Å². The fourth-order valence-electron chi connectivity index (χ4n) is 1.56. The Kier molecular flexibility index (Phi) is 2.82. The van der Waals surface area contributed by atoms with Crippen molar-refractivity contribution in [2.45, 2.75) is 0 Å². The minimum Gasteiger partial charge on any atom is -0.383 e. The Balaban J connectivity index is 2.42. The number of anilines is 2. The van der Waals surface area contributed by atoms with Gasteiger partial charge in [-0.3, -0.25) is 9.59 Å². The van der Waals surface area contributed by atoms with E-state index in [1.165, 1.54) is 6.20 Å². The van der Waals surface area contributed by atoms with Gasteiger partial charge in [0, 0.05) is 20.3 Å². The van der Waals surface area contributed by atoms with Gasteiger partial charge in [-0.15, -0.1) is 0 Å². The van der Waals surface area contributed by atoms with Crippen LogP contribution in [0.1, 0.15) is 0 Å². The lowest BCUT2D eigenvalue weighted by molar-refractivity contribution is -0.118. The molecule has 1 aliphatic heterocycles. The van der Waals surface area contributed by atoms with E-state index in [9.17, 15) is 9.59 Å². The number of para-hydroxylation sites is 2. The highest BCUT2D eigenvalue weighted by atomic mass is 16.2. The normalized spacial score (nSPS) is 14.4. The Bertz CT molecular complexity index is 467. The predicted molar refractivity (Wildman–Crippen MR) is 65.5 cm³/mol. The van der Waals surface area contributed by atoms with Crippen LogP contribution in [-0.2, 0) is 9.59 Å². The van der Waals surface area contributed by atoms with Crippen LogP contribution in [0.25, 0.3) is 0 Å². The molecule has 2 rings (SSSR count). The van der Waals surface area contributed by atoms with Crippen molar-refractivity contribution >= 4 is 23.2 Å². The first kappa shape index (κ1) is 11.2. The molecule has 0 fully saturated rings. The summed E-state index contributed by atoms with van der Waals surface area (Å²) in [5.41, 5.74) is 1.30. The van der Waals surface area contributed by atoms with Crippen LogP contribution in [0.4, 0.5) is 11.4 Å². The van der Waals surface area contributed by atoms with Crippen LogP contribution in [0.2, 0.25) is 0 Å². The third-order valence-corrected chi connectivity index (χ3v) is 2.30. The fourth-order valence-corrected chi connectivity index (χ4v) is 1.56. The predicted octanol–water partition coefficient (Wildman–Crippen LogP) is 1.02. The number of carbonyl (C=O) groups excluding carboxylic acids is 2. The van der Waals surface area contributed by atoms with Crippen molar-refractivity contribution in [1.29, 1.82) is 0 Å². The van der Waals surface area contributed by atoms with E-state index in [4.69, 9.17) is 0 Å². The van der Waals surface area contributed by atoms with Gasteiger partial charge in [-0.1, -0.05) is 12.1 Å². The molecule has 1 aromatic rings. The molecule has 0 unspecified atom stereocenters. The second-order valence-electron chi connectivity index (χ2n) is 3.96. The molecule has 0 aliphatic carbocycles. The van der Waals surface area contributed by atoms with Gasteiger partial charge >= 0.3 is 0 Å². The van der Waals surface area contributed by atoms with E-state index in [2.05, 4.69) is 10.6 Å². The molecule has 1 aliphatic rings. The summed E-state index contributed by atoms with van der Waals surface area (Å²) in [6.45, 7) is 0. The highest BCUT2D eigenvalue weighted by Crippen LogP contribution is 2.24. The van der Waals surface area contributed by atoms with Crippen molar-refractivity contribution in [2.75, 3.05) is 24.7 Å². The third-order valence-electron chi connectivity index (χ3n) is 2.30. The number of amides is 2. The second kappa shape index (κ2) is 4.29. The summed E-state index contributed by atoms with van der Waals surface area (Å²) in [6, 6.07) is 7.08. The van der Waals surface area contributed by atoms with Gasteiger partial charge in [-0.25, -0.2) is 0 Å². The van der Waals surface area contributed by atoms with Crippen LogP contribution < -0.4 is 10.6 Å². The monoisotopic (exact) mass is 231 g/mol. The molecule has 0 atom stereocenters. The van der Waals surface area contributed by atoms with E-state index < -0.39 is 11.8 Å². The molecule has 0 saturated carbocycles. The molecule has 17 heavy (non-hydrogen) atoms. The van der Waals surface area contributed by atoms with Gasteiger partial charge in [-0.2, -0.15) is 0 Å². The zero-order valence-corrected chi connectivity index (χ0v) is 9.65. The van der Waals surface area contributed by atoms with E-state index in [1.54, 1.807) is 43.3 Å². The zero-order valence-electron chi connectivity index (χ0n) is 9.65. The molecular formula is C12H13N3O2. The summed E-state index contributed by atoms with van der Waals surface area (Å²) < 4.78 is 0. The Hall–Kier alpha value is -2.30. The second-order valence-corrected chi connectivity index (χ2v) is 3.96. The van der Waals surface area contributed by atoms with Gasteiger partial charge in [0.25, 0.3) is 11.8 Å². The summed E-state index contributed by atoms with van der Waals surface area (Å²) in [5, 5.41) is 5.38. The molecule has 0 radical (unpaired) electrons. The standard InChI is InChI=1S/C12H13N3O2/c1-15(2)7-8-11(16)13-9-5-3-4-6-10(9)14-12(8)17/h3-7H,1-2H3,(H,13,16)(H,14,17). The maximum absolute atomic E-state index is 11.9. The molecule has 88 valence electrons. The van der Waals surface area contributed by atoms with Gasteiger partial charge in [0.1, 0.15) is 5.57 Å². The lowest BCUT2D eigenvalue weighted by Gasteiger charge is -2.07. The average Bonchev–Trinajstić information content (AvgIpc) is 2.38. The highest BCUT2D eigenvalue weighted by molar-refractivity contribution is 6.29. The molecule has 0 bridgehead atoms. The van der Waals surface area contributed by atoms with Crippen LogP contribution in [0.5, 0.6) is 0 Å². The number of carbonyl (C=O) groups is 2. The van der Waals surface area contributed by atoms with Crippen LogP contribution in [0, 0.1) is 0 Å². The van der Waals surface area contributed by atoms with Crippen molar-refractivity contribution < 1.29 is 9.59 Å². The summed E-state index contributed by atoms with van der Waals surface area (Å²) in [6.07, 6.45) is 1.50. The smallest absolute Gasteiger partial charge is 0.262 e. The molecule has 1 heterocycles. The van der Waals surface area contributed by atoms with E-state index in [0.717, 1.165) is 0 Å². The van der Waals surface area contributed by atoms with Crippen LogP contribution >= 0.6 is 0 Å². The minimum atomic E-state index is -0.402. The number of nitrogens with one attached hydrogen (secondary N) is 2. The maximum Gasteiger partial charge on any atom is 0.262 e. The van der Waals surface area contributed by atoms with Gasteiger partial charge in [0.15, 0.2) is 0 Å². The number of hydrogen-bond donors (Lipinski definition) is 2. The maximum atomic E-state index is 11.9. The molecule has 5 heteroatoms. The quantitative estimate of drug-likeness (QED) is 0.560. The largest absolute Gasteiger partial charge is 0.383 e. The zero-order chi connectivity index (χ0) is 12.4. The van der Waals surface area contributed by atoms with Crippen LogP contribution in [0.15, 0.2) is 36.0 Å². The number of rotatable bonds is 1. The van der Waals surface area contributed by atoms with E-state index in [0.29, 0.717) is 11.4 Å². The van der Waals surface area contributed by atoms with Crippen molar-refractivity contribution in [3.63, 3.8) is 0 Å². The summed E-state index contributed by atoms with van der Waals surface area (Å²) in [5.74, 6) is -0.803. The Morgan fingerprint density at radius 3 is 1.88 bits per heavy atom. The summed E-state index contributed by atoms with van der Waals surface area (Å²) >= 11 is 0. The van der Waals surface area contributed by atoms with Gasteiger partial charge < -0.3 is 15.5 Å². The van der Waals surface area contributed by atoms with E-state index in [-0.39, 0.29) is 5.57 Å². The minimum absolute atomic E-state index is 0.0891. The third kappa shape index (κ3) is 2.28. The highest BCUT2D eigenvalue weighted by Gasteiger charge is 2.24. The summed E-state index contributed by atoms with van der Waals surface area (Å²) in [7, 11) is 3.51. The van der Waals surface area contributed by atoms with Crippen LogP contribution in [-0.4, -0.2) is 30.8 Å². The first-order valence-electron chi connectivity index (χ1n) is 5.18. The van der Waals surface area contributed by atoms with Gasteiger partial charge in [0.2, 0.25) is 0 Å². The van der Waals surface area contributed by atoms with E-state index >= 15 is 0 Å². The number of nitrogens with zero attached hydrogens (tertiary/aromatic N) is 1. The molecule has 2 amide bonds. The lowest BCUT2D eigenvalue weighted by atomic mass is 10.2. The molecule has 0 spiro atoms. The van der Waals surface area contributed by atoms with E-state index in [1.807, 2.05) is 0 Å². The molecule has 5 nitrogen and oxygen atoms in total. The SMILES string of the molecule is CN(C)C=C1C(=O)Nc2ccccc2NC1=O. The lowest BCUT2D eigenvalue weighted by Crippen LogP contribution is -2.23. The molecule has 0 aromatic heterocycles. The molecular weight excluding hydrogens is 218 g/mol. The number of benzene rings is 1. The Morgan fingerprint density at radius 1 is 1.00 bits per heavy atom. The first-order chi connectivity index (χ1) is 8.08. The average molecular weight is 231 g/mol.